The molecule has 1 fully saturated rings. The molecule has 0 aromatic heterocycles. The van der Waals surface area contributed by atoms with Gasteiger partial charge in [-0.1, -0.05) is 0 Å². The topological polar surface area (TPSA) is 61.4 Å². The van der Waals surface area contributed by atoms with Crippen LogP contribution in [-0.4, -0.2) is 36.8 Å². The summed E-state index contributed by atoms with van der Waals surface area (Å²) in [5.41, 5.74) is 0. The summed E-state index contributed by atoms with van der Waals surface area (Å²) in [4.78, 5) is 11.2. The molecular weight excluding hydrogens is 168 g/mol. The van der Waals surface area contributed by atoms with Crippen molar-refractivity contribution in [1.82, 2.24) is 10.6 Å². The molecule has 4 nitrogen and oxygen atoms in total. The average molecular weight is 186 g/mol. The summed E-state index contributed by atoms with van der Waals surface area (Å²) in [7, 11) is 0. The Kier molecular flexibility index (Phi) is 4.78. The Bertz CT molecular complexity index is 162. The first kappa shape index (κ1) is 10.5. The van der Waals surface area contributed by atoms with Crippen molar-refractivity contribution in [3.05, 3.63) is 0 Å². The number of aliphatic hydroxyl groups excluding tert-OH is 1. The zero-order valence-electron chi connectivity index (χ0n) is 7.88. The Hall–Kier alpha value is -0.610. The molecule has 1 saturated heterocycles. The zero-order chi connectivity index (χ0) is 9.52. The minimum atomic E-state index is -0.00700. The Labute approximate surface area is 78.7 Å². The molecule has 1 aliphatic rings. The SMILES string of the molecule is O=C1NCCCC1NCCCCO. The smallest absolute Gasteiger partial charge is 0.237 e. The van der Waals surface area contributed by atoms with Gasteiger partial charge in [0.15, 0.2) is 0 Å². The highest BCUT2D eigenvalue weighted by Gasteiger charge is 2.20. The Balaban J connectivity index is 2.08. The van der Waals surface area contributed by atoms with E-state index in [2.05, 4.69) is 10.6 Å². The van der Waals surface area contributed by atoms with Crippen LogP contribution in [0.3, 0.4) is 0 Å². The molecule has 1 rings (SSSR count). The maximum absolute atomic E-state index is 11.2. The lowest BCUT2D eigenvalue weighted by molar-refractivity contribution is -0.124. The second-order valence-electron chi connectivity index (χ2n) is 3.37. The van der Waals surface area contributed by atoms with E-state index >= 15 is 0 Å². The number of hydrogen-bond donors (Lipinski definition) is 3. The highest BCUT2D eigenvalue weighted by molar-refractivity contribution is 5.82. The molecule has 13 heavy (non-hydrogen) atoms. The molecule has 0 spiro atoms. The van der Waals surface area contributed by atoms with E-state index in [1.165, 1.54) is 0 Å². The van der Waals surface area contributed by atoms with Gasteiger partial charge in [-0.25, -0.2) is 0 Å². The van der Waals surface area contributed by atoms with Gasteiger partial charge in [0, 0.05) is 13.2 Å². The third kappa shape index (κ3) is 3.74. The van der Waals surface area contributed by atoms with E-state index in [0.717, 1.165) is 38.8 Å². The van der Waals surface area contributed by atoms with Crippen LogP contribution >= 0.6 is 0 Å². The van der Waals surface area contributed by atoms with Gasteiger partial charge in [-0.15, -0.1) is 0 Å². The van der Waals surface area contributed by atoms with Gasteiger partial charge < -0.3 is 15.7 Å². The van der Waals surface area contributed by atoms with E-state index in [4.69, 9.17) is 5.11 Å². The number of nitrogens with one attached hydrogen (secondary N) is 2. The molecule has 3 N–H and O–H groups in total. The molecule has 0 aliphatic carbocycles. The summed E-state index contributed by atoms with van der Waals surface area (Å²) in [5, 5.41) is 14.6. The van der Waals surface area contributed by atoms with Crippen molar-refractivity contribution in [3.8, 4) is 0 Å². The molecule has 0 bridgehead atoms. The largest absolute Gasteiger partial charge is 0.396 e. The number of rotatable bonds is 5. The van der Waals surface area contributed by atoms with Gasteiger partial charge in [0.2, 0.25) is 5.91 Å². The highest BCUT2D eigenvalue weighted by Crippen LogP contribution is 2.02. The average Bonchev–Trinajstić information content (AvgIpc) is 2.15. The third-order valence-electron chi connectivity index (χ3n) is 2.26. The number of aliphatic hydroxyl groups is 1. The summed E-state index contributed by atoms with van der Waals surface area (Å²) >= 11 is 0. The number of hydrogen-bond acceptors (Lipinski definition) is 3. The molecular formula is C9H18N2O2. The highest BCUT2D eigenvalue weighted by atomic mass is 16.2. The van der Waals surface area contributed by atoms with Crippen molar-refractivity contribution in [2.45, 2.75) is 31.7 Å². The van der Waals surface area contributed by atoms with Gasteiger partial charge in [-0.3, -0.25) is 4.79 Å². The van der Waals surface area contributed by atoms with Gasteiger partial charge in [0.1, 0.15) is 0 Å². The van der Waals surface area contributed by atoms with E-state index in [0.29, 0.717) is 0 Å². The van der Waals surface area contributed by atoms with Crippen LogP contribution in [0.1, 0.15) is 25.7 Å². The standard InChI is InChI=1S/C9H18N2O2/c12-7-2-1-5-10-8-4-3-6-11-9(8)13/h8,10,12H,1-7H2,(H,11,13). The molecule has 0 aromatic rings. The van der Waals surface area contributed by atoms with Crippen molar-refractivity contribution in [2.75, 3.05) is 19.7 Å². The molecule has 0 radical (unpaired) electrons. The lowest BCUT2D eigenvalue weighted by Gasteiger charge is -2.22. The van der Waals surface area contributed by atoms with Crippen LogP contribution in [0.5, 0.6) is 0 Å². The number of amides is 1. The molecule has 1 aliphatic heterocycles. The lowest BCUT2D eigenvalue weighted by atomic mass is 10.1. The predicted molar refractivity (Wildman–Crippen MR) is 50.4 cm³/mol. The minimum Gasteiger partial charge on any atom is -0.396 e. The Morgan fingerprint density at radius 2 is 2.38 bits per heavy atom. The van der Waals surface area contributed by atoms with Gasteiger partial charge in [0.25, 0.3) is 0 Å². The first-order valence-electron chi connectivity index (χ1n) is 4.96. The van der Waals surface area contributed by atoms with Crippen LogP contribution < -0.4 is 10.6 Å². The number of unbranched alkanes of at least 4 members (excludes halogenated alkanes) is 1. The van der Waals surface area contributed by atoms with Gasteiger partial charge in [-0.2, -0.15) is 0 Å². The summed E-state index contributed by atoms with van der Waals surface area (Å²) in [6.07, 6.45) is 3.73. The summed E-state index contributed by atoms with van der Waals surface area (Å²) in [5.74, 6) is 0.121. The molecule has 1 heterocycles. The van der Waals surface area contributed by atoms with E-state index in [9.17, 15) is 4.79 Å². The predicted octanol–water partition coefficient (Wildman–Crippen LogP) is -0.373. The van der Waals surface area contributed by atoms with Crippen molar-refractivity contribution in [2.24, 2.45) is 0 Å². The van der Waals surface area contributed by atoms with E-state index in [1.807, 2.05) is 0 Å². The number of carbonyl (C=O) groups is 1. The van der Waals surface area contributed by atoms with Crippen LogP contribution in [0.25, 0.3) is 0 Å². The van der Waals surface area contributed by atoms with Crippen LogP contribution in [-0.2, 0) is 4.79 Å². The van der Waals surface area contributed by atoms with E-state index in [1.54, 1.807) is 0 Å². The maximum Gasteiger partial charge on any atom is 0.237 e. The molecule has 0 saturated carbocycles. The Morgan fingerprint density at radius 3 is 3.08 bits per heavy atom. The van der Waals surface area contributed by atoms with Crippen LogP contribution in [0, 0.1) is 0 Å². The fraction of sp³-hybridized carbons (Fsp3) is 0.889. The third-order valence-corrected chi connectivity index (χ3v) is 2.26. The number of carbonyl (C=O) groups excluding carboxylic acids is 1. The molecule has 1 unspecified atom stereocenters. The second kappa shape index (κ2) is 5.94. The summed E-state index contributed by atoms with van der Waals surface area (Å²) in [6, 6.07) is -0.00700. The molecule has 4 heteroatoms. The van der Waals surface area contributed by atoms with E-state index in [-0.39, 0.29) is 18.6 Å². The molecule has 1 atom stereocenters. The minimum absolute atomic E-state index is 0.00700. The van der Waals surface area contributed by atoms with Crippen molar-refractivity contribution in [1.29, 1.82) is 0 Å². The van der Waals surface area contributed by atoms with Crippen LogP contribution in [0.4, 0.5) is 0 Å². The molecule has 0 aromatic carbocycles. The number of piperidine rings is 1. The lowest BCUT2D eigenvalue weighted by Crippen LogP contribution is -2.48. The van der Waals surface area contributed by atoms with Crippen molar-refractivity contribution < 1.29 is 9.90 Å². The summed E-state index contributed by atoms with van der Waals surface area (Å²) < 4.78 is 0. The Morgan fingerprint density at radius 1 is 1.54 bits per heavy atom. The molecule has 1 amide bonds. The first-order chi connectivity index (χ1) is 6.34. The maximum atomic E-state index is 11.2. The second-order valence-corrected chi connectivity index (χ2v) is 3.37. The van der Waals surface area contributed by atoms with E-state index < -0.39 is 0 Å². The van der Waals surface area contributed by atoms with Crippen molar-refractivity contribution in [3.63, 3.8) is 0 Å². The fourth-order valence-electron chi connectivity index (χ4n) is 1.48. The normalized spacial score (nSPS) is 22.8. The quantitative estimate of drug-likeness (QED) is 0.513. The first-order valence-corrected chi connectivity index (χ1v) is 4.96. The van der Waals surface area contributed by atoms with Crippen molar-refractivity contribution >= 4 is 5.91 Å². The van der Waals surface area contributed by atoms with Gasteiger partial charge in [-0.05, 0) is 32.2 Å². The zero-order valence-corrected chi connectivity index (χ0v) is 7.88. The van der Waals surface area contributed by atoms with Gasteiger partial charge in [0.05, 0.1) is 6.04 Å². The summed E-state index contributed by atoms with van der Waals surface area (Å²) in [6.45, 7) is 1.87. The van der Waals surface area contributed by atoms with Crippen LogP contribution in [0.15, 0.2) is 0 Å². The van der Waals surface area contributed by atoms with Gasteiger partial charge >= 0.3 is 0 Å². The monoisotopic (exact) mass is 186 g/mol. The fourth-order valence-corrected chi connectivity index (χ4v) is 1.48. The molecule has 76 valence electrons. The van der Waals surface area contributed by atoms with Crippen LogP contribution in [0.2, 0.25) is 0 Å².